The summed E-state index contributed by atoms with van der Waals surface area (Å²) in [6, 6.07) is 21.5. The molecule has 0 aromatic heterocycles. The molecule has 0 bridgehead atoms. The monoisotopic (exact) mass is 370 g/mol. The molecule has 0 heterocycles. The van der Waals surface area contributed by atoms with E-state index in [-0.39, 0.29) is 0 Å². The molecule has 3 aromatic carbocycles. The van der Waals surface area contributed by atoms with Gasteiger partial charge in [0, 0.05) is 0 Å². The smallest absolute Gasteiger partial charge is 0.0118 e. The van der Waals surface area contributed by atoms with Gasteiger partial charge in [-0.2, -0.15) is 0 Å². The first kappa shape index (κ1) is 19.2. The van der Waals surface area contributed by atoms with E-state index in [1.165, 1.54) is 85.3 Å². The van der Waals surface area contributed by atoms with E-state index in [0.29, 0.717) is 5.92 Å². The largest absolute Gasteiger partial charge is 0.0654 e. The Hall–Kier alpha value is -2.08. The predicted molar refractivity (Wildman–Crippen MR) is 122 cm³/mol. The van der Waals surface area contributed by atoms with E-state index in [1.807, 2.05) is 0 Å². The number of benzene rings is 3. The molecular weight excluding hydrogens is 336 g/mol. The molecule has 1 aliphatic rings. The summed E-state index contributed by atoms with van der Waals surface area (Å²) in [5.74, 6) is 0.665. The van der Waals surface area contributed by atoms with Crippen molar-refractivity contribution in [2.45, 2.75) is 77.6 Å². The lowest BCUT2D eigenvalue weighted by atomic mass is 9.79. The average molecular weight is 371 g/mol. The highest BCUT2D eigenvalue weighted by atomic mass is 14.2. The predicted octanol–water partition coefficient (Wildman–Crippen LogP) is 7.80. The molecule has 0 amide bonds. The van der Waals surface area contributed by atoms with Crippen molar-refractivity contribution in [2.24, 2.45) is 0 Å². The standard InChI is InChI=1S/C28H34/c1-3-5-7-21-9-11-25-19-27(15-13-23(25)17-21)28-16-14-24-18-22(8-6-4-2)10-12-26(24)20-28/h9-13,15,17-19,28H,3-8,14,16,20H2,1-2H3. The maximum Gasteiger partial charge on any atom is -0.0118 e. The van der Waals surface area contributed by atoms with Crippen LogP contribution in [-0.4, -0.2) is 0 Å². The Morgan fingerprint density at radius 2 is 1.39 bits per heavy atom. The highest BCUT2D eigenvalue weighted by molar-refractivity contribution is 5.84. The first-order valence-corrected chi connectivity index (χ1v) is 11.4. The van der Waals surface area contributed by atoms with E-state index in [9.17, 15) is 0 Å². The number of unbranched alkanes of at least 4 members (excludes halogenated alkanes) is 2. The normalized spacial score (nSPS) is 16.3. The number of rotatable bonds is 7. The van der Waals surface area contributed by atoms with E-state index >= 15 is 0 Å². The molecule has 0 spiro atoms. The molecule has 3 aromatic rings. The molecule has 0 nitrogen and oxygen atoms in total. The Balaban J connectivity index is 1.51. The van der Waals surface area contributed by atoms with Gasteiger partial charge in [-0.25, -0.2) is 0 Å². The SMILES string of the molecule is CCCCc1ccc2c(c1)CCC(c1ccc3cc(CCCC)ccc3c1)C2. The minimum Gasteiger partial charge on any atom is -0.0654 e. The van der Waals surface area contributed by atoms with Crippen LogP contribution < -0.4 is 0 Å². The Morgan fingerprint density at radius 3 is 2.18 bits per heavy atom. The van der Waals surface area contributed by atoms with Crippen LogP contribution in [-0.2, 0) is 25.7 Å². The van der Waals surface area contributed by atoms with Gasteiger partial charge >= 0.3 is 0 Å². The molecule has 28 heavy (non-hydrogen) atoms. The molecule has 0 N–H and O–H groups in total. The van der Waals surface area contributed by atoms with Crippen molar-refractivity contribution in [3.05, 3.63) is 82.4 Å². The van der Waals surface area contributed by atoms with Crippen LogP contribution in [0, 0.1) is 0 Å². The fourth-order valence-corrected chi connectivity index (χ4v) is 4.73. The summed E-state index contributed by atoms with van der Waals surface area (Å²) in [6.45, 7) is 4.54. The van der Waals surface area contributed by atoms with Crippen LogP contribution >= 0.6 is 0 Å². The first-order chi connectivity index (χ1) is 13.8. The fraction of sp³-hybridized carbons (Fsp3) is 0.429. The lowest BCUT2D eigenvalue weighted by Crippen LogP contribution is -2.13. The molecule has 0 aliphatic heterocycles. The van der Waals surface area contributed by atoms with Gasteiger partial charge in [-0.3, -0.25) is 0 Å². The summed E-state index contributed by atoms with van der Waals surface area (Å²) >= 11 is 0. The molecule has 0 fully saturated rings. The van der Waals surface area contributed by atoms with Crippen molar-refractivity contribution in [3.63, 3.8) is 0 Å². The minimum absolute atomic E-state index is 0.665. The van der Waals surface area contributed by atoms with Crippen LogP contribution in [0.4, 0.5) is 0 Å². The van der Waals surface area contributed by atoms with Crippen molar-refractivity contribution >= 4 is 10.8 Å². The van der Waals surface area contributed by atoms with Crippen LogP contribution in [0.3, 0.4) is 0 Å². The molecule has 146 valence electrons. The third kappa shape index (κ3) is 4.32. The molecule has 0 radical (unpaired) electrons. The maximum absolute atomic E-state index is 2.49. The van der Waals surface area contributed by atoms with E-state index in [4.69, 9.17) is 0 Å². The second-order valence-electron chi connectivity index (χ2n) is 8.69. The van der Waals surface area contributed by atoms with Crippen LogP contribution in [0.2, 0.25) is 0 Å². The van der Waals surface area contributed by atoms with Gasteiger partial charge < -0.3 is 0 Å². The number of fused-ring (bicyclic) bond motifs is 2. The zero-order valence-electron chi connectivity index (χ0n) is 17.6. The van der Waals surface area contributed by atoms with Crippen LogP contribution in [0.25, 0.3) is 10.8 Å². The number of hydrogen-bond acceptors (Lipinski definition) is 0. The molecule has 0 saturated heterocycles. The van der Waals surface area contributed by atoms with Crippen molar-refractivity contribution in [3.8, 4) is 0 Å². The lowest BCUT2D eigenvalue weighted by Gasteiger charge is -2.26. The first-order valence-electron chi connectivity index (χ1n) is 11.4. The molecule has 4 rings (SSSR count). The van der Waals surface area contributed by atoms with Crippen molar-refractivity contribution in [2.75, 3.05) is 0 Å². The third-order valence-corrected chi connectivity index (χ3v) is 6.54. The van der Waals surface area contributed by atoms with Gasteiger partial charge in [-0.15, -0.1) is 0 Å². The van der Waals surface area contributed by atoms with Crippen LogP contribution in [0.5, 0.6) is 0 Å². The Morgan fingerprint density at radius 1 is 0.714 bits per heavy atom. The Kier molecular flexibility index (Phi) is 6.15. The van der Waals surface area contributed by atoms with E-state index in [2.05, 4.69) is 68.4 Å². The highest BCUT2D eigenvalue weighted by Crippen LogP contribution is 2.34. The molecular formula is C28H34. The number of hydrogen-bond donors (Lipinski definition) is 0. The number of aryl methyl sites for hydroxylation is 3. The molecule has 1 atom stereocenters. The molecule has 0 saturated carbocycles. The topological polar surface area (TPSA) is 0 Å². The van der Waals surface area contributed by atoms with E-state index < -0.39 is 0 Å². The second kappa shape index (κ2) is 8.95. The van der Waals surface area contributed by atoms with Gasteiger partial charge in [0.05, 0.1) is 0 Å². The minimum atomic E-state index is 0.665. The summed E-state index contributed by atoms with van der Waals surface area (Å²) in [6.07, 6.45) is 11.3. The average Bonchev–Trinajstić information content (AvgIpc) is 2.75. The third-order valence-electron chi connectivity index (χ3n) is 6.54. The van der Waals surface area contributed by atoms with Crippen LogP contribution in [0.15, 0.2) is 54.6 Å². The maximum atomic E-state index is 2.49. The molecule has 0 heteroatoms. The summed E-state index contributed by atoms with van der Waals surface area (Å²) in [4.78, 5) is 0. The van der Waals surface area contributed by atoms with Crippen molar-refractivity contribution < 1.29 is 0 Å². The highest BCUT2D eigenvalue weighted by Gasteiger charge is 2.20. The van der Waals surface area contributed by atoms with Crippen LogP contribution in [0.1, 0.15) is 79.7 Å². The van der Waals surface area contributed by atoms with E-state index in [0.717, 1.165) is 0 Å². The van der Waals surface area contributed by atoms with Gasteiger partial charge in [0.2, 0.25) is 0 Å². The van der Waals surface area contributed by atoms with Gasteiger partial charge in [-0.1, -0.05) is 81.3 Å². The summed E-state index contributed by atoms with van der Waals surface area (Å²) in [5.41, 5.74) is 7.71. The van der Waals surface area contributed by atoms with Gasteiger partial charge in [0.1, 0.15) is 0 Å². The van der Waals surface area contributed by atoms with Gasteiger partial charge in [0.25, 0.3) is 0 Å². The fourth-order valence-electron chi connectivity index (χ4n) is 4.73. The van der Waals surface area contributed by atoms with Gasteiger partial charge in [-0.05, 0) is 89.5 Å². The molecule has 1 unspecified atom stereocenters. The summed E-state index contributed by atoms with van der Waals surface area (Å²) < 4.78 is 0. The van der Waals surface area contributed by atoms with Crippen molar-refractivity contribution in [1.29, 1.82) is 0 Å². The van der Waals surface area contributed by atoms with E-state index in [1.54, 1.807) is 11.1 Å². The Labute approximate surface area is 171 Å². The van der Waals surface area contributed by atoms with Gasteiger partial charge in [0.15, 0.2) is 0 Å². The quantitative estimate of drug-likeness (QED) is 0.398. The lowest BCUT2D eigenvalue weighted by molar-refractivity contribution is 0.584. The summed E-state index contributed by atoms with van der Waals surface area (Å²) in [5, 5.41) is 2.80. The molecule has 1 aliphatic carbocycles. The van der Waals surface area contributed by atoms with Crippen molar-refractivity contribution in [1.82, 2.24) is 0 Å². The zero-order chi connectivity index (χ0) is 19.3. The Bertz CT molecular complexity index is 934. The second-order valence-corrected chi connectivity index (χ2v) is 8.69. The zero-order valence-corrected chi connectivity index (χ0v) is 17.6. The summed E-state index contributed by atoms with van der Waals surface area (Å²) in [7, 11) is 0.